The van der Waals surface area contributed by atoms with Crippen molar-refractivity contribution in [1.29, 1.82) is 0 Å². The number of sulfonamides is 1. The number of nitrogens with two attached hydrogens (primary N) is 1. The van der Waals surface area contributed by atoms with Gasteiger partial charge in [-0.15, -0.1) is 0 Å². The van der Waals surface area contributed by atoms with E-state index in [4.69, 9.17) is 10.5 Å². The highest BCUT2D eigenvalue weighted by Crippen LogP contribution is 2.31. The van der Waals surface area contributed by atoms with Crippen molar-refractivity contribution in [3.05, 3.63) is 82.8 Å². The van der Waals surface area contributed by atoms with Crippen LogP contribution in [0.15, 0.2) is 82.2 Å². The number of amides is 2. The average molecular weight is 504 g/mol. The molecule has 3 aromatic carbocycles. The third kappa shape index (κ3) is 6.06. The molecule has 10 heteroatoms. The maximum atomic E-state index is 12.8. The number of halogens is 1. The molecule has 0 aromatic heterocycles. The smallest absolute Gasteiger partial charge is 0.262 e. The van der Waals surface area contributed by atoms with Crippen molar-refractivity contribution in [2.45, 2.75) is 4.90 Å². The standard InChI is InChI=1S/C21H18BrN3O5S/c22-15-7-9-16(10-8-15)30-19-4-2-1-3-18(19)25-31(28,29)17-11-5-14(6-12-17)21(27)24-13-20(23)26/h1-12,25H,13H2,(H2,23,26)(H,24,27). The van der Waals surface area contributed by atoms with E-state index in [1.54, 1.807) is 36.4 Å². The van der Waals surface area contributed by atoms with Gasteiger partial charge in [-0.25, -0.2) is 8.42 Å². The molecule has 0 spiro atoms. The fourth-order valence-corrected chi connectivity index (χ4v) is 3.86. The molecule has 3 aromatic rings. The molecular formula is C21H18BrN3O5S. The molecule has 0 radical (unpaired) electrons. The van der Waals surface area contributed by atoms with Crippen LogP contribution in [0, 0.1) is 0 Å². The zero-order valence-corrected chi connectivity index (χ0v) is 18.4. The van der Waals surface area contributed by atoms with Crippen molar-refractivity contribution >= 4 is 43.5 Å². The molecule has 0 saturated carbocycles. The summed E-state index contributed by atoms with van der Waals surface area (Å²) in [5.74, 6) is -0.346. The second-order valence-electron chi connectivity index (χ2n) is 6.33. The van der Waals surface area contributed by atoms with E-state index in [1.165, 1.54) is 24.3 Å². The third-order valence-corrected chi connectivity index (χ3v) is 5.93. The Morgan fingerprint density at radius 1 is 0.935 bits per heavy atom. The minimum atomic E-state index is -3.95. The van der Waals surface area contributed by atoms with Crippen LogP contribution in [0.1, 0.15) is 10.4 Å². The Labute approximate surface area is 187 Å². The van der Waals surface area contributed by atoms with E-state index in [-0.39, 0.29) is 22.7 Å². The highest BCUT2D eigenvalue weighted by molar-refractivity contribution is 9.10. The van der Waals surface area contributed by atoms with Crippen LogP contribution in [0.5, 0.6) is 11.5 Å². The zero-order valence-electron chi connectivity index (χ0n) is 16.0. The van der Waals surface area contributed by atoms with Crippen molar-refractivity contribution in [3.63, 3.8) is 0 Å². The first kappa shape index (κ1) is 22.3. The topological polar surface area (TPSA) is 128 Å². The number of primary amides is 1. The second kappa shape index (κ2) is 9.63. The molecule has 0 saturated heterocycles. The van der Waals surface area contributed by atoms with Crippen LogP contribution in [0.25, 0.3) is 0 Å². The van der Waals surface area contributed by atoms with Crippen LogP contribution < -0.4 is 20.5 Å². The summed E-state index contributed by atoms with van der Waals surface area (Å²) in [5.41, 5.74) is 5.44. The van der Waals surface area contributed by atoms with Crippen molar-refractivity contribution < 1.29 is 22.7 Å². The molecule has 3 rings (SSSR count). The van der Waals surface area contributed by atoms with Crippen LogP contribution >= 0.6 is 15.9 Å². The SMILES string of the molecule is NC(=O)CNC(=O)c1ccc(S(=O)(=O)Nc2ccccc2Oc2ccc(Br)cc2)cc1. The Kier molecular flexibility index (Phi) is 6.93. The molecule has 0 aliphatic rings. The van der Waals surface area contributed by atoms with Crippen molar-refractivity contribution in [3.8, 4) is 11.5 Å². The number of para-hydroxylation sites is 2. The van der Waals surface area contributed by atoms with Gasteiger partial charge < -0.3 is 15.8 Å². The quantitative estimate of drug-likeness (QED) is 0.434. The van der Waals surface area contributed by atoms with Gasteiger partial charge in [0.15, 0.2) is 5.75 Å². The molecule has 0 aliphatic heterocycles. The number of carbonyl (C=O) groups excluding carboxylic acids is 2. The fraction of sp³-hybridized carbons (Fsp3) is 0.0476. The maximum absolute atomic E-state index is 12.8. The summed E-state index contributed by atoms with van der Waals surface area (Å²) in [6.07, 6.45) is 0. The van der Waals surface area contributed by atoms with E-state index in [1.807, 2.05) is 12.1 Å². The molecule has 0 aliphatic carbocycles. The number of rotatable bonds is 8. The van der Waals surface area contributed by atoms with E-state index < -0.39 is 21.8 Å². The Morgan fingerprint density at radius 3 is 2.23 bits per heavy atom. The van der Waals surface area contributed by atoms with Crippen LogP contribution in [-0.2, 0) is 14.8 Å². The first-order valence-electron chi connectivity index (χ1n) is 8.96. The Morgan fingerprint density at radius 2 is 1.58 bits per heavy atom. The maximum Gasteiger partial charge on any atom is 0.262 e. The molecule has 0 unspecified atom stereocenters. The first-order chi connectivity index (χ1) is 14.7. The molecule has 0 atom stereocenters. The minimum Gasteiger partial charge on any atom is -0.455 e. The number of nitrogens with one attached hydrogen (secondary N) is 2. The summed E-state index contributed by atoms with van der Waals surface area (Å²) in [4.78, 5) is 22.7. The van der Waals surface area contributed by atoms with Gasteiger partial charge in [0.2, 0.25) is 5.91 Å². The van der Waals surface area contributed by atoms with Crippen LogP contribution in [-0.4, -0.2) is 26.8 Å². The fourth-order valence-electron chi connectivity index (χ4n) is 2.53. The normalized spacial score (nSPS) is 10.9. The Balaban J connectivity index is 1.77. The Hall–Kier alpha value is -3.37. The van der Waals surface area contributed by atoms with E-state index in [0.717, 1.165) is 4.47 Å². The number of benzene rings is 3. The molecule has 31 heavy (non-hydrogen) atoms. The summed E-state index contributed by atoms with van der Waals surface area (Å²) >= 11 is 3.35. The van der Waals surface area contributed by atoms with Gasteiger partial charge in [-0.1, -0.05) is 28.1 Å². The minimum absolute atomic E-state index is 0.0441. The summed E-state index contributed by atoms with van der Waals surface area (Å²) in [7, 11) is -3.95. The number of hydrogen-bond donors (Lipinski definition) is 3. The molecular weight excluding hydrogens is 486 g/mol. The number of anilines is 1. The van der Waals surface area contributed by atoms with Crippen molar-refractivity contribution in [2.24, 2.45) is 5.73 Å². The third-order valence-electron chi connectivity index (χ3n) is 4.02. The van der Waals surface area contributed by atoms with Gasteiger partial charge in [0.1, 0.15) is 5.75 Å². The van der Waals surface area contributed by atoms with E-state index in [9.17, 15) is 18.0 Å². The second-order valence-corrected chi connectivity index (χ2v) is 8.93. The molecule has 8 nitrogen and oxygen atoms in total. The predicted molar refractivity (Wildman–Crippen MR) is 119 cm³/mol. The van der Waals surface area contributed by atoms with Crippen LogP contribution in [0.2, 0.25) is 0 Å². The highest BCUT2D eigenvalue weighted by Gasteiger charge is 2.18. The molecule has 4 N–H and O–H groups in total. The van der Waals surface area contributed by atoms with E-state index in [2.05, 4.69) is 26.0 Å². The summed E-state index contributed by atoms with van der Waals surface area (Å²) < 4.78 is 34.8. The van der Waals surface area contributed by atoms with Gasteiger partial charge in [-0.2, -0.15) is 0 Å². The van der Waals surface area contributed by atoms with Gasteiger partial charge in [0, 0.05) is 10.0 Å². The highest BCUT2D eigenvalue weighted by atomic mass is 79.9. The number of hydrogen-bond acceptors (Lipinski definition) is 5. The predicted octanol–water partition coefficient (Wildman–Crippen LogP) is 3.26. The zero-order chi connectivity index (χ0) is 22.4. The van der Waals surface area contributed by atoms with Crippen molar-refractivity contribution in [1.82, 2.24) is 5.32 Å². The molecule has 0 bridgehead atoms. The van der Waals surface area contributed by atoms with Gasteiger partial charge in [-0.3, -0.25) is 14.3 Å². The summed E-state index contributed by atoms with van der Waals surface area (Å²) in [5, 5.41) is 2.33. The monoisotopic (exact) mass is 503 g/mol. The first-order valence-corrected chi connectivity index (χ1v) is 11.2. The molecule has 2 amide bonds. The van der Waals surface area contributed by atoms with E-state index in [0.29, 0.717) is 11.5 Å². The van der Waals surface area contributed by atoms with Gasteiger partial charge in [0.05, 0.1) is 17.1 Å². The lowest BCUT2D eigenvalue weighted by Gasteiger charge is -2.14. The lowest BCUT2D eigenvalue weighted by Crippen LogP contribution is -2.33. The number of ether oxygens (including phenoxy) is 1. The van der Waals surface area contributed by atoms with Gasteiger partial charge >= 0.3 is 0 Å². The van der Waals surface area contributed by atoms with Gasteiger partial charge in [-0.05, 0) is 60.7 Å². The lowest BCUT2D eigenvalue weighted by atomic mass is 10.2. The summed E-state index contributed by atoms with van der Waals surface area (Å²) in [6, 6.07) is 19.0. The largest absolute Gasteiger partial charge is 0.455 e. The Bertz CT molecular complexity index is 1200. The lowest BCUT2D eigenvalue weighted by molar-refractivity contribution is -0.117. The average Bonchev–Trinajstić information content (AvgIpc) is 2.75. The van der Waals surface area contributed by atoms with Crippen LogP contribution in [0.3, 0.4) is 0 Å². The summed E-state index contributed by atoms with van der Waals surface area (Å²) in [6.45, 7) is -0.310. The number of carbonyl (C=O) groups is 2. The van der Waals surface area contributed by atoms with E-state index >= 15 is 0 Å². The van der Waals surface area contributed by atoms with Crippen molar-refractivity contribution in [2.75, 3.05) is 11.3 Å². The van der Waals surface area contributed by atoms with Gasteiger partial charge in [0.25, 0.3) is 15.9 Å². The molecule has 0 heterocycles. The molecule has 160 valence electrons. The molecule has 0 fully saturated rings. The van der Waals surface area contributed by atoms with Crippen LogP contribution in [0.4, 0.5) is 5.69 Å².